The van der Waals surface area contributed by atoms with E-state index in [0.29, 0.717) is 19.6 Å². The Hall–Kier alpha value is -0.470. The van der Waals surface area contributed by atoms with Gasteiger partial charge >= 0.3 is 0 Å². The van der Waals surface area contributed by atoms with Gasteiger partial charge in [-0.3, -0.25) is 4.79 Å². The summed E-state index contributed by atoms with van der Waals surface area (Å²) in [4.78, 5) is 28.8. The number of piperidine rings is 2. The highest BCUT2D eigenvalue weighted by atomic mass is 35.6. The predicted octanol–water partition coefficient (Wildman–Crippen LogP) is 3.88. The predicted molar refractivity (Wildman–Crippen MR) is 133 cm³/mol. The Labute approximate surface area is 218 Å². The van der Waals surface area contributed by atoms with E-state index in [4.69, 9.17) is 39.5 Å². The van der Waals surface area contributed by atoms with Crippen LogP contribution in [0.25, 0.3) is 0 Å². The number of hydrogen-bond acceptors (Lipinski definition) is 5. The molecule has 2 aliphatic heterocycles. The minimum Gasteiger partial charge on any atom is -0.530 e. The zero-order valence-corrected chi connectivity index (χ0v) is 22.3. The second-order valence-corrected chi connectivity index (χ2v) is 12.6. The SMILES string of the molecule is O=C([C@@H](CC1CCCCC1)N(CC(Cl)(Cl)Cl)C(=O)[O-])N1CCCCC1CCOC1CCNCC1. The third-order valence-electron chi connectivity index (χ3n) is 7.53. The van der Waals surface area contributed by atoms with Gasteiger partial charge in [0, 0.05) is 19.2 Å². The van der Waals surface area contributed by atoms with Crippen molar-refractivity contribution in [1.82, 2.24) is 15.1 Å². The molecule has 2 heterocycles. The summed E-state index contributed by atoms with van der Waals surface area (Å²) in [5, 5.41) is 15.5. The summed E-state index contributed by atoms with van der Waals surface area (Å²) in [5.41, 5.74) is 0. The van der Waals surface area contributed by atoms with Crippen LogP contribution >= 0.6 is 34.8 Å². The van der Waals surface area contributed by atoms with E-state index in [1.54, 1.807) is 0 Å². The Kier molecular flexibility index (Phi) is 11.4. The quantitative estimate of drug-likeness (QED) is 0.450. The summed E-state index contributed by atoms with van der Waals surface area (Å²) in [5.74, 6) is 0.0991. The smallest absolute Gasteiger partial charge is 0.245 e. The van der Waals surface area contributed by atoms with E-state index in [0.717, 1.165) is 82.2 Å². The van der Waals surface area contributed by atoms with Crippen molar-refractivity contribution in [2.45, 2.75) is 99.0 Å². The zero-order chi connectivity index (χ0) is 24.6. The van der Waals surface area contributed by atoms with Crippen molar-refractivity contribution in [2.24, 2.45) is 5.92 Å². The third-order valence-corrected chi connectivity index (χ3v) is 7.89. The number of hydrogen-bond donors (Lipinski definition) is 1. The van der Waals surface area contributed by atoms with Gasteiger partial charge < -0.3 is 29.8 Å². The maximum atomic E-state index is 13.9. The second-order valence-electron chi connectivity index (χ2n) is 10.1. The van der Waals surface area contributed by atoms with Gasteiger partial charge in [0.15, 0.2) is 0 Å². The first-order chi connectivity index (χ1) is 16.2. The van der Waals surface area contributed by atoms with Crippen molar-refractivity contribution in [3.8, 4) is 0 Å². The highest BCUT2D eigenvalue weighted by Crippen LogP contribution is 2.33. The molecule has 10 heteroatoms. The Morgan fingerprint density at radius 1 is 1.03 bits per heavy atom. The van der Waals surface area contributed by atoms with Crippen LogP contribution < -0.4 is 10.4 Å². The van der Waals surface area contributed by atoms with Crippen LogP contribution in [0.1, 0.15) is 77.0 Å². The molecule has 196 valence electrons. The Morgan fingerprint density at radius 3 is 2.35 bits per heavy atom. The van der Waals surface area contributed by atoms with E-state index < -0.39 is 15.9 Å². The molecule has 1 unspecified atom stereocenters. The summed E-state index contributed by atoms with van der Waals surface area (Å²) in [7, 11) is 0. The Morgan fingerprint density at radius 2 is 1.71 bits per heavy atom. The van der Waals surface area contributed by atoms with Crippen LogP contribution in [0.4, 0.5) is 4.79 Å². The summed E-state index contributed by atoms with van der Waals surface area (Å²) < 4.78 is 4.28. The maximum absolute atomic E-state index is 13.9. The van der Waals surface area contributed by atoms with E-state index >= 15 is 0 Å². The number of nitrogens with zero attached hydrogens (tertiary/aromatic N) is 2. The molecular formula is C24H39Cl3N3O4-. The largest absolute Gasteiger partial charge is 0.530 e. The van der Waals surface area contributed by atoms with Crippen molar-refractivity contribution >= 4 is 46.8 Å². The molecule has 1 saturated carbocycles. The van der Waals surface area contributed by atoms with E-state index in [9.17, 15) is 14.7 Å². The van der Waals surface area contributed by atoms with Gasteiger partial charge in [0.2, 0.25) is 9.70 Å². The lowest BCUT2D eigenvalue weighted by Gasteiger charge is -2.43. The minimum absolute atomic E-state index is 0.0354. The van der Waals surface area contributed by atoms with Gasteiger partial charge in [0.25, 0.3) is 0 Å². The third kappa shape index (κ3) is 8.88. The fourth-order valence-electron chi connectivity index (χ4n) is 5.71. The van der Waals surface area contributed by atoms with Crippen molar-refractivity contribution in [3.05, 3.63) is 0 Å². The minimum atomic E-state index is -1.82. The van der Waals surface area contributed by atoms with Crippen molar-refractivity contribution in [2.75, 3.05) is 32.8 Å². The van der Waals surface area contributed by atoms with Crippen molar-refractivity contribution in [3.63, 3.8) is 0 Å². The number of carbonyl (C=O) groups is 2. The Balaban J connectivity index is 1.70. The van der Waals surface area contributed by atoms with Crippen molar-refractivity contribution in [1.29, 1.82) is 0 Å². The van der Waals surface area contributed by atoms with Crippen LogP contribution in [0.5, 0.6) is 0 Å². The fourth-order valence-corrected chi connectivity index (χ4v) is 6.10. The van der Waals surface area contributed by atoms with Crippen LogP contribution in [0, 0.1) is 5.92 Å². The topological polar surface area (TPSA) is 84.9 Å². The number of nitrogens with one attached hydrogen (secondary N) is 1. The van der Waals surface area contributed by atoms with Crippen LogP contribution in [0.15, 0.2) is 0 Å². The van der Waals surface area contributed by atoms with Gasteiger partial charge in [0.1, 0.15) is 12.1 Å². The number of rotatable bonds is 9. The summed E-state index contributed by atoms with van der Waals surface area (Å²) >= 11 is 17.9. The molecule has 7 nitrogen and oxygen atoms in total. The molecule has 0 radical (unpaired) electrons. The molecule has 0 aromatic rings. The first-order valence-electron chi connectivity index (χ1n) is 12.9. The van der Waals surface area contributed by atoms with E-state index in [1.807, 2.05) is 4.90 Å². The molecule has 3 fully saturated rings. The average molecular weight is 540 g/mol. The van der Waals surface area contributed by atoms with Crippen LogP contribution in [0.2, 0.25) is 0 Å². The molecule has 0 spiro atoms. The standard InChI is InChI=1S/C24H40Cl3N3O4/c25-24(26,27)17-30(23(32)33)21(16-18-6-2-1-3-7-18)22(31)29-14-5-4-8-19(29)11-15-34-20-9-12-28-13-10-20/h18-21,28H,1-17H2,(H,32,33)/p-1/t19?,21-/m1/s1. The summed E-state index contributed by atoms with van der Waals surface area (Å²) in [6.07, 6.45) is 10.2. The lowest BCUT2D eigenvalue weighted by Crippen LogP contribution is -2.59. The molecule has 0 aromatic heterocycles. The average Bonchev–Trinajstić information content (AvgIpc) is 2.82. The number of ether oxygens (including phenoxy) is 1. The monoisotopic (exact) mass is 538 g/mol. The maximum Gasteiger partial charge on any atom is 0.245 e. The number of amides is 2. The van der Waals surface area contributed by atoms with Gasteiger partial charge in [-0.15, -0.1) is 0 Å². The fraction of sp³-hybridized carbons (Fsp3) is 0.917. The first-order valence-corrected chi connectivity index (χ1v) is 14.0. The van der Waals surface area contributed by atoms with Crippen LogP contribution in [-0.2, 0) is 9.53 Å². The summed E-state index contributed by atoms with van der Waals surface area (Å²) in [6, 6.07) is -0.858. The zero-order valence-electron chi connectivity index (χ0n) is 20.0. The highest BCUT2D eigenvalue weighted by molar-refractivity contribution is 6.67. The van der Waals surface area contributed by atoms with E-state index in [-0.39, 0.29) is 30.5 Å². The molecule has 2 amide bonds. The van der Waals surface area contributed by atoms with Gasteiger partial charge in [-0.1, -0.05) is 66.9 Å². The van der Waals surface area contributed by atoms with E-state index in [1.165, 1.54) is 6.42 Å². The van der Waals surface area contributed by atoms with E-state index in [2.05, 4.69) is 5.32 Å². The molecule has 2 saturated heterocycles. The second kappa shape index (κ2) is 13.7. The number of alkyl halides is 3. The van der Waals surface area contributed by atoms with Gasteiger partial charge in [-0.25, -0.2) is 0 Å². The summed E-state index contributed by atoms with van der Waals surface area (Å²) in [6.45, 7) is 2.78. The lowest BCUT2D eigenvalue weighted by atomic mass is 9.84. The molecule has 2 atom stereocenters. The van der Waals surface area contributed by atoms with Gasteiger partial charge in [-0.05, 0) is 64.0 Å². The number of carboxylic acid groups (broad SMARTS) is 1. The molecule has 34 heavy (non-hydrogen) atoms. The lowest BCUT2D eigenvalue weighted by molar-refractivity contribution is -0.268. The van der Waals surface area contributed by atoms with Crippen molar-refractivity contribution < 1.29 is 19.4 Å². The van der Waals surface area contributed by atoms with Crippen LogP contribution in [0.3, 0.4) is 0 Å². The molecular weight excluding hydrogens is 501 g/mol. The van der Waals surface area contributed by atoms with Gasteiger partial charge in [0.05, 0.1) is 12.6 Å². The first kappa shape index (κ1) is 28.1. The van der Waals surface area contributed by atoms with Crippen LogP contribution in [-0.4, -0.2) is 76.6 Å². The molecule has 1 N–H and O–H groups in total. The molecule has 3 aliphatic rings. The number of halogens is 3. The number of likely N-dealkylation sites (tertiary alicyclic amines) is 1. The normalized spacial score (nSPS) is 24.1. The molecule has 3 rings (SSSR count). The highest BCUT2D eigenvalue weighted by Gasteiger charge is 2.39. The Bertz CT molecular complexity index is 652. The molecule has 0 aromatic carbocycles. The molecule has 1 aliphatic carbocycles. The number of carbonyl (C=O) groups excluding carboxylic acids is 2. The van der Waals surface area contributed by atoms with Gasteiger partial charge in [-0.2, -0.15) is 0 Å². The molecule has 0 bridgehead atoms.